The average Bonchev–Trinajstić information content (AvgIpc) is 2.83. The molecule has 1 amide bonds. The number of ether oxygens (including phenoxy) is 1. The first-order valence-corrected chi connectivity index (χ1v) is 8.33. The van der Waals surface area contributed by atoms with Crippen LogP contribution in [0.5, 0.6) is 5.75 Å². The van der Waals surface area contributed by atoms with Gasteiger partial charge in [-0.15, -0.1) is 0 Å². The van der Waals surface area contributed by atoms with Gasteiger partial charge in [0.1, 0.15) is 11.4 Å². The molecular formula is C18H28N2O3. The minimum absolute atomic E-state index is 0.265. The van der Waals surface area contributed by atoms with Crippen molar-refractivity contribution in [1.29, 1.82) is 0 Å². The molecule has 1 unspecified atom stereocenters. The van der Waals surface area contributed by atoms with Gasteiger partial charge in [0.15, 0.2) is 0 Å². The van der Waals surface area contributed by atoms with Gasteiger partial charge in [-0.25, -0.2) is 4.79 Å². The molecule has 0 spiro atoms. The Kier molecular flexibility index (Phi) is 5.52. The first kappa shape index (κ1) is 17.6. The van der Waals surface area contributed by atoms with Crippen LogP contribution >= 0.6 is 0 Å². The lowest BCUT2D eigenvalue weighted by atomic mass is 10.1. The van der Waals surface area contributed by atoms with Crippen molar-refractivity contribution in [2.75, 3.05) is 19.6 Å². The molecule has 0 aromatic heterocycles. The third-order valence-electron chi connectivity index (χ3n) is 4.01. The van der Waals surface area contributed by atoms with Gasteiger partial charge < -0.3 is 20.1 Å². The number of nitrogens with zero attached hydrogens (tertiary/aromatic N) is 1. The van der Waals surface area contributed by atoms with Gasteiger partial charge in [0.2, 0.25) is 0 Å². The van der Waals surface area contributed by atoms with Gasteiger partial charge >= 0.3 is 6.09 Å². The van der Waals surface area contributed by atoms with E-state index in [9.17, 15) is 9.90 Å². The summed E-state index contributed by atoms with van der Waals surface area (Å²) in [5.74, 6) is 0.325. The Morgan fingerprint density at radius 3 is 2.83 bits per heavy atom. The Bertz CT molecular complexity index is 552. The Balaban J connectivity index is 1.84. The second kappa shape index (κ2) is 7.21. The summed E-state index contributed by atoms with van der Waals surface area (Å²) >= 11 is 0. The van der Waals surface area contributed by atoms with Crippen LogP contribution < -0.4 is 5.32 Å². The maximum absolute atomic E-state index is 12.1. The van der Waals surface area contributed by atoms with Crippen molar-refractivity contribution < 1.29 is 14.6 Å². The van der Waals surface area contributed by atoms with Crippen LogP contribution in [0.1, 0.15) is 51.3 Å². The quantitative estimate of drug-likeness (QED) is 0.874. The Morgan fingerprint density at radius 1 is 1.43 bits per heavy atom. The lowest BCUT2D eigenvalue weighted by Gasteiger charge is -2.27. The lowest BCUT2D eigenvalue weighted by molar-refractivity contribution is 0.0261. The normalized spacial score (nSPS) is 17.0. The van der Waals surface area contributed by atoms with Gasteiger partial charge in [-0.2, -0.15) is 0 Å². The number of aromatic hydroxyl groups is 1. The summed E-state index contributed by atoms with van der Waals surface area (Å²) in [5.41, 5.74) is 2.00. The van der Waals surface area contributed by atoms with E-state index in [1.165, 1.54) is 11.1 Å². The fraction of sp³-hybridized carbons (Fsp3) is 0.611. The molecule has 1 atom stereocenters. The van der Waals surface area contributed by atoms with Crippen LogP contribution in [0.2, 0.25) is 0 Å². The largest absolute Gasteiger partial charge is 0.508 e. The molecule has 0 fully saturated rings. The Labute approximate surface area is 138 Å². The number of phenolic OH excluding ortho intramolecular Hbond substituents is 1. The van der Waals surface area contributed by atoms with Crippen LogP contribution in [0.4, 0.5) is 4.79 Å². The molecule has 0 radical (unpaired) electrons. The molecule has 1 aromatic carbocycles. The predicted molar refractivity (Wildman–Crippen MR) is 90.7 cm³/mol. The van der Waals surface area contributed by atoms with Crippen LogP contribution in [-0.2, 0) is 11.2 Å². The highest BCUT2D eigenvalue weighted by atomic mass is 16.6. The van der Waals surface area contributed by atoms with E-state index >= 15 is 0 Å². The molecule has 0 bridgehead atoms. The van der Waals surface area contributed by atoms with Crippen LogP contribution in [-0.4, -0.2) is 41.3 Å². The molecule has 23 heavy (non-hydrogen) atoms. The Morgan fingerprint density at radius 2 is 2.17 bits per heavy atom. The highest BCUT2D eigenvalue weighted by Crippen LogP contribution is 2.33. The number of carbonyl (C=O) groups is 1. The maximum atomic E-state index is 12.1. The molecule has 0 aliphatic heterocycles. The van der Waals surface area contributed by atoms with E-state index in [0.29, 0.717) is 24.9 Å². The first-order chi connectivity index (χ1) is 10.8. The molecular weight excluding hydrogens is 292 g/mol. The topological polar surface area (TPSA) is 61.8 Å². The van der Waals surface area contributed by atoms with Crippen molar-refractivity contribution in [2.24, 2.45) is 0 Å². The number of hydrogen-bond donors (Lipinski definition) is 2. The summed E-state index contributed by atoms with van der Waals surface area (Å²) in [6.07, 6.45) is 1.74. The van der Waals surface area contributed by atoms with Crippen molar-refractivity contribution in [3.63, 3.8) is 0 Å². The van der Waals surface area contributed by atoms with Crippen LogP contribution in [0, 0.1) is 0 Å². The summed E-state index contributed by atoms with van der Waals surface area (Å²) in [4.78, 5) is 13.8. The summed E-state index contributed by atoms with van der Waals surface area (Å²) in [6.45, 7) is 9.56. The third kappa shape index (κ3) is 4.86. The molecule has 128 valence electrons. The zero-order chi connectivity index (χ0) is 17.0. The van der Waals surface area contributed by atoms with Gasteiger partial charge in [-0.1, -0.05) is 6.07 Å². The third-order valence-corrected chi connectivity index (χ3v) is 4.01. The van der Waals surface area contributed by atoms with E-state index < -0.39 is 5.60 Å². The molecule has 2 N–H and O–H groups in total. The minimum Gasteiger partial charge on any atom is -0.508 e. The van der Waals surface area contributed by atoms with Crippen molar-refractivity contribution in [1.82, 2.24) is 10.2 Å². The van der Waals surface area contributed by atoms with Crippen molar-refractivity contribution >= 4 is 6.09 Å². The zero-order valence-corrected chi connectivity index (χ0v) is 14.6. The Hall–Kier alpha value is -1.75. The number of benzene rings is 1. The highest BCUT2D eigenvalue weighted by molar-refractivity contribution is 5.68. The number of phenols is 1. The summed E-state index contributed by atoms with van der Waals surface area (Å²) in [7, 11) is 0. The number of hydrogen-bond acceptors (Lipinski definition) is 4. The number of aryl methyl sites for hydroxylation is 1. The number of likely N-dealkylation sites (N-methyl/N-ethyl adjacent to an activating group) is 1. The standard InChI is InChI=1S/C18H28N2O3/c1-5-20(17(22)23-18(2,3)4)11-10-19-16-9-6-13-12-14(21)7-8-15(13)16/h7-8,12,16,19,21H,5-6,9-11H2,1-4H3. The molecule has 1 aliphatic rings. The van der Waals surface area contributed by atoms with E-state index in [1.807, 2.05) is 39.8 Å². The van der Waals surface area contributed by atoms with Gasteiger partial charge in [-0.05, 0) is 63.8 Å². The summed E-state index contributed by atoms with van der Waals surface area (Å²) < 4.78 is 5.41. The van der Waals surface area contributed by atoms with E-state index in [-0.39, 0.29) is 6.09 Å². The maximum Gasteiger partial charge on any atom is 0.410 e. The molecule has 5 heteroatoms. The second-order valence-corrected chi connectivity index (χ2v) is 6.99. The number of fused-ring (bicyclic) bond motifs is 1. The summed E-state index contributed by atoms with van der Waals surface area (Å²) in [6, 6.07) is 5.86. The fourth-order valence-corrected chi connectivity index (χ4v) is 2.89. The van der Waals surface area contributed by atoms with E-state index in [2.05, 4.69) is 5.32 Å². The molecule has 1 aliphatic carbocycles. The van der Waals surface area contributed by atoms with Crippen molar-refractivity contribution in [2.45, 2.75) is 52.2 Å². The van der Waals surface area contributed by atoms with Gasteiger partial charge in [0.05, 0.1) is 0 Å². The number of nitrogens with one attached hydrogen (secondary N) is 1. The molecule has 5 nitrogen and oxygen atoms in total. The predicted octanol–water partition coefficient (Wildman–Crippen LogP) is 3.23. The molecule has 0 saturated carbocycles. The lowest BCUT2D eigenvalue weighted by Crippen LogP contribution is -2.40. The second-order valence-electron chi connectivity index (χ2n) is 6.99. The van der Waals surface area contributed by atoms with Gasteiger partial charge in [-0.3, -0.25) is 0 Å². The minimum atomic E-state index is -0.468. The molecule has 0 saturated heterocycles. The smallest absolute Gasteiger partial charge is 0.410 e. The van der Waals surface area contributed by atoms with Crippen LogP contribution in [0.25, 0.3) is 0 Å². The average molecular weight is 320 g/mol. The van der Waals surface area contributed by atoms with Gasteiger partial charge in [0.25, 0.3) is 0 Å². The zero-order valence-electron chi connectivity index (χ0n) is 14.6. The molecule has 1 aromatic rings. The van der Waals surface area contributed by atoms with Crippen molar-refractivity contribution in [3.8, 4) is 5.75 Å². The highest BCUT2D eigenvalue weighted by Gasteiger charge is 2.24. The number of amides is 1. The van der Waals surface area contributed by atoms with Crippen molar-refractivity contribution in [3.05, 3.63) is 29.3 Å². The van der Waals surface area contributed by atoms with Crippen LogP contribution in [0.15, 0.2) is 18.2 Å². The number of rotatable bonds is 5. The fourth-order valence-electron chi connectivity index (χ4n) is 2.89. The van der Waals surface area contributed by atoms with Crippen LogP contribution in [0.3, 0.4) is 0 Å². The summed E-state index contributed by atoms with van der Waals surface area (Å²) in [5, 5.41) is 13.0. The SMILES string of the molecule is CCN(CCNC1CCc2cc(O)ccc21)C(=O)OC(C)(C)C. The van der Waals surface area contributed by atoms with E-state index in [4.69, 9.17) is 4.74 Å². The molecule has 2 rings (SSSR count). The number of carbonyl (C=O) groups excluding carboxylic acids is 1. The van der Waals surface area contributed by atoms with E-state index in [1.54, 1.807) is 11.0 Å². The first-order valence-electron chi connectivity index (χ1n) is 8.33. The monoisotopic (exact) mass is 320 g/mol. The van der Waals surface area contributed by atoms with Gasteiger partial charge in [0, 0.05) is 25.7 Å². The van der Waals surface area contributed by atoms with E-state index in [0.717, 1.165) is 19.4 Å². The molecule has 0 heterocycles.